The van der Waals surface area contributed by atoms with Crippen LogP contribution in [0.3, 0.4) is 0 Å². The summed E-state index contributed by atoms with van der Waals surface area (Å²) in [6.07, 6.45) is 2.72. The van der Waals surface area contributed by atoms with E-state index in [1.165, 1.54) is 0 Å². The van der Waals surface area contributed by atoms with Gasteiger partial charge in [0.25, 0.3) is 0 Å². The monoisotopic (exact) mass is 264 g/mol. The zero-order valence-electron chi connectivity index (χ0n) is 11.2. The van der Waals surface area contributed by atoms with Crippen molar-refractivity contribution < 1.29 is 9.90 Å². The summed E-state index contributed by atoms with van der Waals surface area (Å²) in [6, 6.07) is 17.7. The van der Waals surface area contributed by atoms with Crippen LogP contribution in [0.5, 0.6) is 0 Å². The highest BCUT2D eigenvalue weighted by molar-refractivity contribution is 6.24. The minimum Gasteiger partial charge on any atom is -0.478 e. The Morgan fingerprint density at radius 3 is 2.35 bits per heavy atom. The summed E-state index contributed by atoms with van der Waals surface area (Å²) >= 11 is 0. The van der Waals surface area contributed by atoms with Crippen LogP contribution in [0.1, 0.15) is 29.5 Å². The van der Waals surface area contributed by atoms with Crippen molar-refractivity contribution in [1.82, 2.24) is 0 Å². The summed E-state index contributed by atoms with van der Waals surface area (Å²) in [7, 11) is 0. The summed E-state index contributed by atoms with van der Waals surface area (Å²) < 4.78 is 0. The van der Waals surface area contributed by atoms with E-state index in [1.54, 1.807) is 0 Å². The molecule has 0 fully saturated rings. The zero-order valence-corrected chi connectivity index (χ0v) is 11.2. The van der Waals surface area contributed by atoms with E-state index in [1.807, 2.05) is 54.6 Å². The highest BCUT2D eigenvalue weighted by atomic mass is 16.4. The Hall–Kier alpha value is -2.35. The van der Waals surface area contributed by atoms with Gasteiger partial charge in [-0.05, 0) is 41.5 Å². The average molecular weight is 264 g/mol. The molecule has 0 amide bonds. The number of aliphatic carboxylic acids is 1. The number of allylic oxidation sites excluding steroid dienone is 1. The van der Waals surface area contributed by atoms with E-state index < -0.39 is 5.97 Å². The van der Waals surface area contributed by atoms with Crippen LogP contribution in [0.25, 0.3) is 11.1 Å². The van der Waals surface area contributed by atoms with Crippen molar-refractivity contribution in [2.24, 2.45) is 0 Å². The fraction of sp³-hybridized carbons (Fsp3) is 0.167. The second-order valence-electron chi connectivity index (χ2n) is 5.04. The van der Waals surface area contributed by atoms with Crippen molar-refractivity contribution in [3.05, 3.63) is 71.3 Å². The predicted molar refractivity (Wildman–Crippen MR) is 80.3 cm³/mol. The second-order valence-corrected chi connectivity index (χ2v) is 5.04. The van der Waals surface area contributed by atoms with Gasteiger partial charge >= 0.3 is 5.97 Å². The molecule has 2 aromatic rings. The van der Waals surface area contributed by atoms with Gasteiger partial charge in [0.1, 0.15) is 0 Å². The van der Waals surface area contributed by atoms with Gasteiger partial charge in [0.15, 0.2) is 0 Å². The van der Waals surface area contributed by atoms with Gasteiger partial charge in [-0.2, -0.15) is 0 Å². The number of carboxylic acids is 1. The third-order valence-corrected chi connectivity index (χ3v) is 3.80. The molecule has 1 N–H and O–H groups in total. The lowest BCUT2D eigenvalue weighted by Crippen LogP contribution is -2.04. The Morgan fingerprint density at radius 2 is 1.60 bits per heavy atom. The molecule has 100 valence electrons. The molecule has 0 radical (unpaired) electrons. The molecule has 0 spiro atoms. The molecule has 2 aromatic carbocycles. The number of hydrogen-bond donors (Lipinski definition) is 1. The second kappa shape index (κ2) is 5.33. The maximum absolute atomic E-state index is 11.8. The fourth-order valence-corrected chi connectivity index (χ4v) is 2.90. The maximum Gasteiger partial charge on any atom is 0.336 e. The van der Waals surface area contributed by atoms with Gasteiger partial charge < -0.3 is 5.11 Å². The van der Waals surface area contributed by atoms with E-state index in [9.17, 15) is 9.90 Å². The van der Waals surface area contributed by atoms with Crippen LogP contribution < -0.4 is 0 Å². The summed E-state index contributed by atoms with van der Waals surface area (Å²) in [4.78, 5) is 11.8. The van der Waals surface area contributed by atoms with Gasteiger partial charge in [0.05, 0.1) is 5.57 Å². The topological polar surface area (TPSA) is 37.3 Å². The number of carboxylic acid groups (broad SMARTS) is 1. The number of benzene rings is 2. The minimum absolute atomic E-state index is 0.462. The SMILES string of the molecule is O=C(O)C1=C(c2ccccc2)CCCc2ccccc21. The number of carbonyl (C=O) groups is 1. The van der Waals surface area contributed by atoms with E-state index in [0.717, 1.165) is 41.5 Å². The molecule has 0 unspecified atom stereocenters. The van der Waals surface area contributed by atoms with E-state index >= 15 is 0 Å². The third kappa shape index (κ3) is 2.25. The number of hydrogen-bond acceptors (Lipinski definition) is 1. The van der Waals surface area contributed by atoms with Gasteiger partial charge in [-0.3, -0.25) is 0 Å². The Balaban J connectivity index is 2.26. The van der Waals surface area contributed by atoms with E-state index in [-0.39, 0.29) is 0 Å². The van der Waals surface area contributed by atoms with Crippen LogP contribution in [0, 0.1) is 0 Å². The zero-order chi connectivity index (χ0) is 13.9. The van der Waals surface area contributed by atoms with E-state index in [0.29, 0.717) is 5.57 Å². The van der Waals surface area contributed by atoms with Crippen molar-refractivity contribution in [2.75, 3.05) is 0 Å². The lowest BCUT2D eigenvalue weighted by Gasteiger charge is -2.11. The number of aryl methyl sites for hydroxylation is 1. The summed E-state index contributed by atoms with van der Waals surface area (Å²) in [6.45, 7) is 0. The van der Waals surface area contributed by atoms with Crippen molar-refractivity contribution in [3.8, 4) is 0 Å². The molecule has 0 aliphatic heterocycles. The van der Waals surface area contributed by atoms with Crippen LogP contribution in [0.15, 0.2) is 54.6 Å². The first-order chi connectivity index (χ1) is 9.77. The van der Waals surface area contributed by atoms with Crippen molar-refractivity contribution in [2.45, 2.75) is 19.3 Å². The highest BCUT2D eigenvalue weighted by Gasteiger charge is 2.22. The summed E-state index contributed by atoms with van der Waals surface area (Å²) in [5.41, 5.74) is 4.43. The summed E-state index contributed by atoms with van der Waals surface area (Å²) in [5, 5.41) is 9.68. The largest absolute Gasteiger partial charge is 0.478 e. The van der Waals surface area contributed by atoms with Crippen molar-refractivity contribution >= 4 is 17.1 Å². The molecule has 1 aliphatic rings. The lowest BCUT2D eigenvalue weighted by atomic mass is 9.93. The first-order valence-electron chi connectivity index (χ1n) is 6.87. The van der Waals surface area contributed by atoms with Crippen LogP contribution in [-0.2, 0) is 11.2 Å². The molecule has 0 bridgehead atoms. The molecule has 0 heterocycles. The molecule has 0 saturated carbocycles. The van der Waals surface area contributed by atoms with Crippen LogP contribution in [0.4, 0.5) is 0 Å². The third-order valence-electron chi connectivity index (χ3n) is 3.80. The van der Waals surface area contributed by atoms with Gasteiger partial charge in [-0.25, -0.2) is 4.79 Å². The van der Waals surface area contributed by atoms with Crippen LogP contribution in [0.2, 0.25) is 0 Å². The van der Waals surface area contributed by atoms with Crippen LogP contribution in [-0.4, -0.2) is 11.1 Å². The predicted octanol–water partition coefficient (Wildman–Crippen LogP) is 4.02. The quantitative estimate of drug-likeness (QED) is 0.889. The Morgan fingerprint density at radius 1 is 0.900 bits per heavy atom. The summed E-state index contributed by atoms with van der Waals surface area (Å²) in [5.74, 6) is -0.835. The van der Waals surface area contributed by atoms with Gasteiger partial charge in [0.2, 0.25) is 0 Å². The Kier molecular flexibility index (Phi) is 3.38. The fourth-order valence-electron chi connectivity index (χ4n) is 2.90. The molecular weight excluding hydrogens is 248 g/mol. The van der Waals surface area contributed by atoms with Crippen molar-refractivity contribution in [1.29, 1.82) is 0 Å². The first kappa shape index (κ1) is 12.7. The molecule has 2 heteroatoms. The molecule has 2 nitrogen and oxygen atoms in total. The molecule has 20 heavy (non-hydrogen) atoms. The van der Waals surface area contributed by atoms with Gasteiger partial charge in [-0.1, -0.05) is 54.6 Å². The number of rotatable bonds is 2. The highest BCUT2D eigenvalue weighted by Crippen LogP contribution is 2.35. The molecule has 0 saturated heterocycles. The number of fused-ring (bicyclic) bond motifs is 1. The first-order valence-corrected chi connectivity index (χ1v) is 6.87. The van der Waals surface area contributed by atoms with E-state index in [2.05, 4.69) is 0 Å². The standard InChI is InChI=1S/C18H16O2/c19-18(20)17-15-11-5-4-9-14(15)10-6-12-16(17)13-7-2-1-3-8-13/h1-5,7-9,11H,6,10,12H2,(H,19,20). The maximum atomic E-state index is 11.8. The Bertz CT molecular complexity index is 669. The molecule has 1 aliphatic carbocycles. The van der Waals surface area contributed by atoms with E-state index in [4.69, 9.17) is 0 Å². The average Bonchev–Trinajstić information content (AvgIpc) is 2.67. The normalized spacial score (nSPS) is 14.6. The smallest absolute Gasteiger partial charge is 0.336 e. The minimum atomic E-state index is -0.835. The molecule has 0 aromatic heterocycles. The lowest BCUT2D eigenvalue weighted by molar-refractivity contribution is -0.130. The van der Waals surface area contributed by atoms with Gasteiger partial charge in [-0.15, -0.1) is 0 Å². The van der Waals surface area contributed by atoms with Gasteiger partial charge in [0, 0.05) is 0 Å². The molecular formula is C18H16O2. The molecule has 3 rings (SSSR count). The molecule has 0 atom stereocenters. The Labute approximate surface area is 118 Å². The van der Waals surface area contributed by atoms with Crippen LogP contribution >= 0.6 is 0 Å². The van der Waals surface area contributed by atoms with Crippen molar-refractivity contribution in [3.63, 3.8) is 0 Å².